The first-order valence-corrected chi connectivity index (χ1v) is 11.1. The van der Waals surface area contributed by atoms with Crippen LogP contribution in [0.25, 0.3) is 6.08 Å². The smallest absolute Gasteiger partial charge is 0.311 e. The summed E-state index contributed by atoms with van der Waals surface area (Å²) in [5.41, 5.74) is 0.876. The van der Waals surface area contributed by atoms with Crippen LogP contribution in [0.3, 0.4) is 0 Å². The zero-order valence-electron chi connectivity index (χ0n) is 18.0. The monoisotopic (exact) mass is 491 g/mol. The summed E-state index contributed by atoms with van der Waals surface area (Å²) in [6.07, 6.45) is 1.57. The van der Waals surface area contributed by atoms with Gasteiger partial charge in [0, 0.05) is 23.3 Å². The Bertz CT molecular complexity index is 1390. The molecule has 0 aliphatic carbocycles. The van der Waals surface area contributed by atoms with E-state index in [0.717, 1.165) is 10.5 Å². The third-order valence-electron chi connectivity index (χ3n) is 5.30. The molecule has 0 unspecified atom stereocenters. The third kappa shape index (κ3) is 5.04. The Morgan fingerprint density at radius 2 is 1.54 bits per heavy atom. The predicted octanol–water partition coefficient (Wildman–Crippen LogP) is 5.04. The van der Waals surface area contributed by atoms with Crippen LogP contribution in [0.2, 0.25) is 0 Å². The van der Waals surface area contributed by atoms with Gasteiger partial charge >= 0.3 is 5.69 Å². The van der Waals surface area contributed by atoms with Crippen molar-refractivity contribution in [3.63, 3.8) is 0 Å². The number of phenols is 1. The second-order valence-electron chi connectivity index (χ2n) is 7.63. The van der Waals surface area contributed by atoms with Crippen LogP contribution in [-0.2, 0) is 17.8 Å². The molecule has 1 saturated heterocycles. The topological polar surface area (TPSA) is 144 Å². The molecule has 4 rings (SSSR count). The van der Waals surface area contributed by atoms with Gasteiger partial charge in [0.25, 0.3) is 16.8 Å². The van der Waals surface area contributed by atoms with E-state index in [1.807, 2.05) is 30.3 Å². The minimum absolute atomic E-state index is 0.0151. The van der Waals surface area contributed by atoms with E-state index < -0.39 is 32.4 Å². The van der Waals surface area contributed by atoms with Crippen LogP contribution in [-0.4, -0.2) is 31.0 Å². The van der Waals surface area contributed by atoms with Crippen LogP contribution in [0, 0.1) is 20.2 Å². The average molecular weight is 491 g/mol. The number of rotatable bonds is 7. The number of amides is 2. The number of para-hydroxylation sites is 1. The molecular weight excluding hydrogens is 474 g/mol. The number of imide groups is 1. The van der Waals surface area contributed by atoms with Crippen molar-refractivity contribution in [1.29, 1.82) is 0 Å². The van der Waals surface area contributed by atoms with E-state index in [1.54, 1.807) is 6.07 Å². The highest BCUT2D eigenvalue weighted by Gasteiger charge is 2.36. The second kappa shape index (κ2) is 9.77. The van der Waals surface area contributed by atoms with Gasteiger partial charge in [0.1, 0.15) is 0 Å². The molecule has 1 aliphatic heterocycles. The molecule has 0 spiro atoms. The summed E-state index contributed by atoms with van der Waals surface area (Å²) >= 11 is 0.591. The second-order valence-corrected chi connectivity index (χ2v) is 8.62. The van der Waals surface area contributed by atoms with Crippen molar-refractivity contribution in [3.8, 4) is 5.75 Å². The summed E-state index contributed by atoms with van der Waals surface area (Å²) in [7, 11) is 0. The predicted molar refractivity (Wildman–Crippen MR) is 129 cm³/mol. The Labute approximate surface area is 202 Å². The molecule has 1 heterocycles. The molecule has 10 nitrogen and oxygen atoms in total. The molecule has 0 aromatic heterocycles. The lowest BCUT2D eigenvalue weighted by Crippen LogP contribution is -2.27. The maximum atomic E-state index is 12.9. The normalized spacial score (nSPS) is 14.5. The number of thioether (sulfide) groups is 1. The van der Waals surface area contributed by atoms with Crippen molar-refractivity contribution in [1.82, 2.24) is 4.90 Å². The molecule has 3 aromatic carbocycles. The summed E-state index contributed by atoms with van der Waals surface area (Å²) in [4.78, 5) is 47.7. The highest BCUT2D eigenvalue weighted by Crippen LogP contribution is 2.38. The Kier molecular flexibility index (Phi) is 6.60. The molecule has 0 atom stereocenters. The van der Waals surface area contributed by atoms with Crippen molar-refractivity contribution in [2.24, 2.45) is 0 Å². The molecule has 1 aliphatic rings. The summed E-state index contributed by atoms with van der Waals surface area (Å²) < 4.78 is 0. The first-order valence-electron chi connectivity index (χ1n) is 10.3. The van der Waals surface area contributed by atoms with E-state index in [1.165, 1.54) is 36.4 Å². The quantitative estimate of drug-likeness (QED) is 0.275. The minimum atomic E-state index is -0.721. The summed E-state index contributed by atoms with van der Waals surface area (Å²) in [5.74, 6) is -1.34. The number of nitro groups is 2. The minimum Gasteiger partial charge on any atom is -0.502 e. The van der Waals surface area contributed by atoms with Crippen molar-refractivity contribution in [2.45, 2.75) is 13.0 Å². The number of phenolic OH excluding ortho intramolecular Hbond substituents is 1. The van der Waals surface area contributed by atoms with Gasteiger partial charge in [-0.25, -0.2) is 0 Å². The summed E-state index contributed by atoms with van der Waals surface area (Å²) in [5, 5.41) is 32.6. The third-order valence-corrected chi connectivity index (χ3v) is 6.21. The van der Waals surface area contributed by atoms with E-state index in [4.69, 9.17) is 0 Å². The van der Waals surface area contributed by atoms with E-state index in [2.05, 4.69) is 0 Å². The molecule has 1 N–H and O–H groups in total. The Balaban J connectivity index is 1.67. The number of nitro benzene ring substituents is 2. The Morgan fingerprint density at radius 1 is 0.886 bits per heavy atom. The molecule has 3 aromatic rings. The van der Waals surface area contributed by atoms with Gasteiger partial charge in [0.15, 0.2) is 0 Å². The molecule has 35 heavy (non-hydrogen) atoms. The maximum Gasteiger partial charge on any atom is 0.311 e. The highest BCUT2D eigenvalue weighted by atomic mass is 32.2. The highest BCUT2D eigenvalue weighted by molar-refractivity contribution is 8.18. The van der Waals surface area contributed by atoms with Gasteiger partial charge in [0.05, 0.1) is 21.3 Å². The number of carbonyl (C=O) groups excluding carboxylic acids is 2. The van der Waals surface area contributed by atoms with Crippen LogP contribution < -0.4 is 0 Å². The maximum absolute atomic E-state index is 12.9. The molecule has 2 amide bonds. The van der Waals surface area contributed by atoms with Gasteiger partial charge in [-0.15, -0.1) is 0 Å². The summed E-state index contributed by atoms with van der Waals surface area (Å²) in [6, 6.07) is 17.8. The molecule has 11 heteroatoms. The molecule has 0 radical (unpaired) electrons. The molecular formula is C24H17N3O7S. The SMILES string of the molecule is O=C1S/C(=C\c2cc(Cc3ccccc3)cc([N+](=O)[O-])c2O)C(=O)N1Cc1ccccc1[N+](=O)[O-]. The van der Waals surface area contributed by atoms with Crippen molar-refractivity contribution in [2.75, 3.05) is 0 Å². The zero-order valence-corrected chi connectivity index (χ0v) is 18.8. The van der Waals surface area contributed by atoms with Crippen molar-refractivity contribution >= 4 is 40.4 Å². The Morgan fingerprint density at radius 3 is 2.23 bits per heavy atom. The van der Waals surface area contributed by atoms with Gasteiger partial charge in [-0.3, -0.25) is 34.7 Å². The van der Waals surface area contributed by atoms with E-state index in [9.17, 15) is 34.9 Å². The Hall–Kier alpha value is -4.51. The van der Waals surface area contributed by atoms with Gasteiger partial charge in [-0.2, -0.15) is 0 Å². The van der Waals surface area contributed by atoms with Crippen LogP contribution in [0.5, 0.6) is 5.75 Å². The number of carbonyl (C=O) groups is 2. The standard InChI is InChI=1S/C24H17N3O7S/c28-22-18(11-16(12-20(22)27(33)34)10-15-6-2-1-3-7-15)13-21-23(29)25(24(30)35-21)14-17-8-4-5-9-19(17)26(31)32/h1-9,11-13,28H,10,14H2/b21-13-. The largest absolute Gasteiger partial charge is 0.502 e. The lowest BCUT2D eigenvalue weighted by molar-refractivity contribution is -0.386. The van der Waals surface area contributed by atoms with Crippen LogP contribution >= 0.6 is 11.8 Å². The molecule has 0 bridgehead atoms. The first kappa shape index (κ1) is 23.6. The van der Waals surface area contributed by atoms with E-state index in [-0.39, 0.29) is 28.3 Å². The van der Waals surface area contributed by atoms with Gasteiger partial charge in [-0.05, 0) is 41.5 Å². The van der Waals surface area contributed by atoms with Crippen LogP contribution in [0.1, 0.15) is 22.3 Å². The van der Waals surface area contributed by atoms with E-state index in [0.29, 0.717) is 23.7 Å². The van der Waals surface area contributed by atoms with Crippen LogP contribution in [0.4, 0.5) is 16.2 Å². The zero-order chi connectivity index (χ0) is 25.1. The fourth-order valence-corrected chi connectivity index (χ4v) is 4.48. The number of nitrogens with zero attached hydrogens (tertiary/aromatic N) is 3. The number of hydrogen-bond acceptors (Lipinski definition) is 8. The van der Waals surface area contributed by atoms with Crippen LogP contribution in [0.15, 0.2) is 71.6 Å². The van der Waals surface area contributed by atoms with Crippen molar-refractivity contribution < 1.29 is 24.5 Å². The average Bonchev–Trinajstić information content (AvgIpc) is 3.09. The molecule has 176 valence electrons. The molecule has 0 saturated carbocycles. The summed E-state index contributed by atoms with van der Waals surface area (Å²) in [6.45, 7) is -0.306. The number of hydrogen-bond donors (Lipinski definition) is 1. The fraction of sp³-hybridized carbons (Fsp3) is 0.0833. The fourth-order valence-electron chi connectivity index (χ4n) is 3.65. The lowest BCUT2D eigenvalue weighted by Gasteiger charge is -2.12. The van der Waals surface area contributed by atoms with Crippen molar-refractivity contribution in [3.05, 3.63) is 114 Å². The number of aromatic hydroxyl groups is 1. The van der Waals surface area contributed by atoms with Gasteiger partial charge in [0.2, 0.25) is 5.75 Å². The van der Waals surface area contributed by atoms with Gasteiger partial charge < -0.3 is 5.11 Å². The first-order chi connectivity index (χ1) is 16.7. The molecule has 1 fully saturated rings. The van der Waals surface area contributed by atoms with Gasteiger partial charge in [-0.1, -0.05) is 48.5 Å². The number of benzene rings is 3. The lowest BCUT2D eigenvalue weighted by atomic mass is 10.0. The van der Waals surface area contributed by atoms with E-state index >= 15 is 0 Å².